The minimum absolute atomic E-state index is 0.327. The third-order valence-corrected chi connectivity index (χ3v) is 6.34. The fraction of sp³-hybridized carbons (Fsp3) is 0.321. The van der Waals surface area contributed by atoms with E-state index in [2.05, 4.69) is 49.6 Å². The number of fused-ring (bicyclic) bond motifs is 1. The number of halogens is 2. The first kappa shape index (κ1) is 24.4. The first-order valence-corrected chi connectivity index (χ1v) is 12.4. The molecule has 0 spiro atoms. The SMILES string of the molecule is Cc1ccc(C(C)C)c(OCCCCn2c(COc3ccc(Cl)cc3Cl)nc3ccccc32)c1. The summed E-state index contributed by atoms with van der Waals surface area (Å²) in [6.45, 7) is 8.34. The van der Waals surface area contributed by atoms with Crippen LogP contribution >= 0.6 is 23.2 Å². The summed E-state index contributed by atoms with van der Waals surface area (Å²) in [7, 11) is 0. The summed E-state index contributed by atoms with van der Waals surface area (Å²) < 4.78 is 14.4. The van der Waals surface area contributed by atoms with Crippen molar-refractivity contribution in [2.75, 3.05) is 6.61 Å². The Balaban J connectivity index is 1.40. The van der Waals surface area contributed by atoms with Crippen LogP contribution in [0.1, 0.15) is 49.6 Å². The molecule has 3 aromatic carbocycles. The third-order valence-electron chi connectivity index (χ3n) is 5.81. The lowest BCUT2D eigenvalue weighted by atomic mass is 10.0. The highest BCUT2D eigenvalue weighted by molar-refractivity contribution is 6.35. The van der Waals surface area contributed by atoms with Crippen LogP contribution in [0.3, 0.4) is 0 Å². The topological polar surface area (TPSA) is 36.3 Å². The molecule has 0 fully saturated rings. The molecule has 0 aliphatic rings. The third kappa shape index (κ3) is 5.86. The van der Waals surface area contributed by atoms with Crippen molar-refractivity contribution in [1.82, 2.24) is 9.55 Å². The molecule has 0 amide bonds. The Labute approximate surface area is 211 Å². The van der Waals surface area contributed by atoms with E-state index in [1.807, 2.05) is 18.2 Å². The van der Waals surface area contributed by atoms with Crippen molar-refractivity contribution in [2.45, 2.75) is 52.7 Å². The van der Waals surface area contributed by atoms with Gasteiger partial charge in [0.1, 0.15) is 23.9 Å². The van der Waals surface area contributed by atoms with Gasteiger partial charge in [0.15, 0.2) is 0 Å². The number of imidazole rings is 1. The second-order valence-electron chi connectivity index (χ2n) is 8.78. The van der Waals surface area contributed by atoms with Crippen LogP contribution in [0.4, 0.5) is 0 Å². The molecule has 0 atom stereocenters. The summed E-state index contributed by atoms with van der Waals surface area (Å²) in [5.74, 6) is 2.90. The normalized spacial score (nSPS) is 11.4. The molecule has 178 valence electrons. The number of para-hydroxylation sites is 2. The highest BCUT2D eigenvalue weighted by atomic mass is 35.5. The van der Waals surface area contributed by atoms with Crippen molar-refractivity contribution in [3.8, 4) is 11.5 Å². The second kappa shape index (κ2) is 11.2. The first-order valence-electron chi connectivity index (χ1n) is 11.7. The van der Waals surface area contributed by atoms with Crippen LogP contribution in [0.2, 0.25) is 10.0 Å². The van der Waals surface area contributed by atoms with E-state index in [0.29, 0.717) is 34.9 Å². The molecule has 4 rings (SSSR count). The molecule has 34 heavy (non-hydrogen) atoms. The van der Waals surface area contributed by atoms with Gasteiger partial charge in [-0.2, -0.15) is 0 Å². The lowest BCUT2D eigenvalue weighted by Gasteiger charge is -2.15. The first-order chi connectivity index (χ1) is 16.4. The van der Waals surface area contributed by atoms with E-state index in [-0.39, 0.29) is 0 Å². The average molecular weight is 497 g/mol. The monoisotopic (exact) mass is 496 g/mol. The zero-order valence-electron chi connectivity index (χ0n) is 19.9. The number of hydrogen-bond donors (Lipinski definition) is 0. The number of rotatable bonds is 10. The molecule has 0 N–H and O–H groups in total. The Morgan fingerprint density at radius 3 is 2.53 bits per heavy atom. The zero-order chi connectivity index (χ0) is 24.1. The van der Waals surface area contributed by atoms with Crippen molar-refractivity contribution in [2.24, 2.45) is 0 Å². The maximum atomic E-state index is 6.27. The van der Waals surface area contributed by atoms with Gasteiger partial charge in [-0.15, -0.1) is 0 Å². The Morgan fingerprint density at radius 2 is 1.74 bits per heavy atom. The van der Waals surface area contributed by atoms with Gasteiger partial charge in [0.05, 0.1) is 22.7 Å². The molecule has 1 heterocycles. The Kier molecular flexibility index (Phi) is 8.02. The summed E-state index contributed by atoms with van der Waals surface area (Å²) >= 11 is 12.3. The standard InChI is InChI=1S/C28H30Cl2N2O2/c1-19(2)22-12-10-20(3)16-27(22)33-15-7-6-14-32-25-9-5-4-8-24(25)31-28(32)18-34-26-13-11-21(29)17-23(26)30/h4-5,8-13,16-17,19H,6-7,14-15,18H2,1-3H3. The number of hydrogen-bond acceptors (Lipinski definition) is 3. The van der Waals surface area contributed by atoms with E-state index in [9.17, 15) is 0 Å². The molecule has 4 nitrogen and oxygen atoms in total. The average Bonchev–Trinajstić information content (AvgIpc) is 3.15. The summed E-state index contributed by atoms with van der Waals surface area (Å²) in [5, 5.41) is 1.07. The van der Waals surface area contributed by atoms with Gasteiger partial charge in [-0.3, -0.25) is 0 Å². The van der Waals surface area contributed by atoms with Gasteiger partial charge in [-0.1, -0.05) is 61.3 Å². The summed E-state index contributed by atoms with van der Waals surface area (Å²) in [5.41, 5.74) is 4.53. The molecule has 0 aliphatic carbocycles. The predicted octanol–water partition coefficient (Wildman–Crippen LogP) is 8.21. The Morgan fingerprint density at radius 1 is 0.912 bits per heavy atom. The van der Waals surface area contributed by atoms with E-state index in [1.165, 1.54) is 11.1 Å². The fourth-order valence-electron chi connectivity index (χ4n) is 4.02. The predicted molar refractivity (Wildman–Crippen MR) is 141 cm³/mol. The molecule has 0 aliphatic heterocycles. The Hall–Kier alpha value is -2.69. The van der Waals surface area contributed by atoms with Gasteiger partial charge < -0.3 is 14.0 Å². The van der Waals surface area contributed by atoms with Crippen LogP contribution < -0.4 is 9.47 Å². The lowest BCUT2D eigenvalue weighted by Crippen LogP contribution is -2.09. The van der Waals surface area contributed by atoms with E-state index in [1.54, 1.807) is 18.2 Å². The molecule has 0 radical (unpaired) electrons. The minimum atomic E-state index is 0.327. The number of nitrogens with zero attached hydrogens (tertiary/aromatic N) is 2. The van der Waals surface area contributed by atoms with Gasteiger partial charge in [0.2, 0.25) is 0 Å². The minimum Gasteiger partial charge on any atom is -0.493 e. The van der Waals surface area contributed by atoms with Crippen LogP contribution in [0, 0.1) is 6.92 Å². The van der Waals surface area contributed by atoms with E-state index < -0.39 is 0 Å². The zero-order valence-corrected chi connectivity index (χ0v) is 21.4. The lowest BCUT2D eigenvalue weighted by molar-refractivity contribution is 0.284. The largest absolute Gasteiger partial charge is 0.493 e. The van der Waals surface area contributed by atoms with E-state index >= 15 is 0 Å². The van der Waals surface area contributed by atoms with Crippen molar-refractivity contribution in [1.29, 1.82) is 0 Å². The van der Waals surface area contributed by atoms with Crippen molar-refractivity contribution in [3.05, 3.63) is 87.7 Å². The van der Waals surface area contributed by atoms with Crippen LogP contribution in [-0.4, -0.2) is 16.2 Å². The number of benzene rings is 3. The van der Waals surface area contributed by atoms with Crippen LogP contribution in [0.25, 0.3) is 11.0 Å². The quantitative estimate of drug-likeness (QED) is 0.207. The van der Waals surface area contributed by atoms with Gasteiger partial charge in [0, 0.05) is 11.6 Å². The molecular formula is C28H30Cl2N2O2. The smallest absolute Gasteiger partial charge is 0.147 e. The van der Waals surface area contributed by atoms with Gasteiger partial charge in [-0.05, 0) is 73.2 Å². The van der Waals surface area contributed by atoms with Crippen molar-refractivity contribution in [3.63, 3.8) is 0 Å². The number of ether oxygens (including phenoxy) is 2. The summed E-state index contributed by atoms with van der Waals surface area (Å²) in [6.07, 6.45) is 1.92. The maximum Gasteiger partial charge on any atom is 0.147 e. The molecule has 0 saturated heterocycles. The summed E-state index contributed by atoms with van der Waals surface area (Å²) in [6, 6.07) is 19.8. The molecule has 0 bridgehead atoms. The van der Waals surface area contributed by atoms with Gasteiger partial charge >= 0.3 is 0 Å². The van der Waals surface area contributed by atoms with Crippen molar-refractivity contribution >= 4 is 34.2 Å². The highest BCUT2D eigenvalue weighted by Crippen LogP contribution is 2.29. The summed E-state index contributed by atoms with van der Waals surface area (Å²) in [4.78, 5) is 4.80. The van der Waals surface area contributed by atoms with Gasteiger partial charge in [0.25, 0.3) is 0 Å². The Bertz CT molecular complexity index is 1270. The van der Waals surface area contributed by atoms with E-state index in [4.69, 9.17) is 37.7 Å². The molecular weight excluding hydrogens is 467 g/mol. The number of unbranched alkanes of at least 4 members (excludes halogenated alkanes) is 1. The molecule has 0 unspecified atom stereocenters. The molecule has 6 heteroatoms. The van der Waals surface area contributed by atoms with Gasteiger partial charge in [-0.25, -0.2) is 4.98 Å². The van der Waals surface area contributed by atoms with Crippen LogP contribution in [-0.2, 0) is 13.2 Å². The van der Waals surface area contributed by atoms with Crippen LogP contribution in [0.15, 0.2) is 60.7 Å². The number of aromatic nitrogens is 2. The van der Waals surface area contributed by atoms with Crippen LogP contribution in [0.5, 0.6) is 11.5 Å². The van der Waals surface area contributed by atoms with Crippen molar-refractivity contribution < 1.29 is 9.47 Å². The fourth-order valence-corrected chi connectivity index (χ4v) is 4.48. The molecule has 0 saturated carbocycles. The highest BCUT2D eigenvalue weighted by Gasteiger charge is 2.13. The number of aryl methyl sites for hydroxylation is 2. The second-order valence-corrected chi connectivity index (χ2v) is 9.63. The molecule has 1 aromatic heterocycles. The molecule has 4 aromatic rings. The maximum absolute atomic E-state index is 6.27. The van der Waals surface area contributed by atoms with E-state index in [0.717, 1.165) is 42.0 Å².